The molecule has 2 aromatic heterocycles. The molecule has 0 spiro atoms. The van der Waals surface area contributed by atoms with Crippen LogP contribution >= 0.6 is 11.6 Å². The molecule has 0 bridgehead atoms. The first-order valence-corrected chi connectivity index (χ1v) is 15.1. The predicted octanol–water partition coefficient (Wildman–Crippen LogP) is 8.87. The summed E-state index contributed by atoms with van der Waals surface area (Å²) in [6.07, 6.45) is 4.90. The first kappa shape index (κ1) is 30.6. The van der Waals surface area contributed by atoms with E-state index in [0.717, 1.165) is 43.2 Å². The van der Waals surface area contributed by atoms with Crippen LogP contribution in [0.2, 0.25) is 5.02 Å². The topological polar surface area (TPSA) is 122 Å². The van der Waals surface area contributed by atoms with Crippen LogP contribution in [0.3, 0.4) is 0 Å². The van der Waals surface area contributed by atoms with Gasteiger partial charge in [0.15, 0.2) is 0 Å². The Morgan fingerprint density at radius 3 is 2.62 bits per heavy atom. The maximum atomic E-state index is 13.7. The number of alkyl halides is 3. The van der Waals surface area contributed by atoms with Gasteiger partial charge in [0, 0.05) is 47.1 Å². The van der Waals surface area contributed by atoms with Crippen molar-refractivity contribution in [2.75, 3.05) is 17.2 Å². The Balaban J connectivity index is 1.44. The van der Waals surface area contributed by atoms with Crippen molar-refractivity contribution < 1.29 is 13.2 Å². The summed E-state index contributed by atoms with van der Waals surface area (Å²) in [6.45, 7) is 1.73. The van der Waals surface area contributed by atoms with Gasteiger partial charge in [0.2, 0.25) is 0 Å². The van der Waals surface area contributed by atoms with Crippen molar-refractivity contribution in [3.63, 3.8) is 0 Å². The average molecular weight is 633 g/mol. The number of aromatic nitrogens is 2. The van der Waals surface area contributed by atoms with Gasteiger partial charge in [0.05, 0.1) is 38.8 Å². The molecule has 1 atom stereocenters. The van der Waals surface area contributed by atoms with Gasteiger partial charge >= 0.3 is 6.18 Å². The summed E-state index contributed by atoms with van der Waals surface area (Å²) in [4.78, 5) is 8.84. The van der Waals surface area contributed by atoms with Crippen molar-refractivity contribution in [2.24, 2.45) is 16.4 Å². The number of anilines is 2. The summed E-state index contributed by atoms with van der Waals surface area (Å²) < 4.78 is 41.1. The molecule has 6 rings (SSSR count). The minimum atomic E-state index is -4.46. The molecule has 0 radical (unpaired) electrons. The molecule has 12 heteroatoms. The highest BCUT2D eigenvalue weighted by atomic mass is 35.5. The van der Waals surface area contributed by atoms with Crippen LogP contribution in [0.25, 0.3) is 21.8 Å². The quantitative estimate of drug-likeness (QED) is 0.123. The van der Waals surface area contributed by atoms with E-state index in [0.29, 0.717) is 28.2 Å². The average Bonchev–Trinajstić information content (AvgIpc) is 3.94. The van der Waals surface area contributed by atoms with Gasteiger partial charge in [-0.05, 0) is 75.3 Å². The van der Waals surface area contributed by atoms with E-state index in [-0.39, 0.29) is 21.8 Å². The lowest BCUT2D eigenvalue weighted by atomic mass is 9.92. The van der Waals surface area contributed by atoms with Gasteiger partial charge in [0.1, 0.15) is 11.8 Å². The lowest BCUT2D eigenvalue weighted by Gasteiger charge is -2.29. The lowest BCUT2D eigenvalue weighted by molar-refractivity contribution is -0.206. The van der Waals surface area contributed by atoms with Gasteiger partial charge in [-0.1, -0.05) is 29.8 Å². The van der Waals surface area contributed by atoms with E-state index < -0.39 is 24.2 Å². The van der Waals surface area contributed by atoms with Crippen molar-refractivity contribution in [1.82, 2.24) is 15.3 Å². The summed E-state index contributed by atoms with van der Waals surface area (Å²) in [5.41, 5.74) is 9.33. The number of fused-ring (bicyclic) bond motifs is 2. The number of rotatable bonds is 11. The maximum absolute atomic E-state index is 13.7. The minimum absolute atomic E-state index is 0.0528. The van der Waals surface area contributed by atoms with E-state index in [2.05, 4.69) is 31.0 Å². The van der Waals surface area contributed by atoms with Gasteiger partial charge in [0.25, 0.3) is 0 Å². The Bertz CT molecular complexity index is 1850. The number of halogens is 4. The number of nitrogens with zero attached hydrogens (tertiary/aromatic N) is 4. The molecule has 4 N–H and O–H groups in total. The van der Waals surface area contributed by atoms with Crippen LogP contribution < -0.4 is 16.0 Å². The van der Waals surface area contributed by atoms with E-state index >= 15 is 0 Å². The summed E-state index contributed by atoms with van der Waals surface area (Å²) in [5, 5.41) is 25.2. The Morgan fingerprint density at radius 1 is 1.18 bits per heavy atom. The van der Waals surface area contributed by atoms with Crippen molar-refractivity contribution in [3.8, 4) is 6.07 Å². The first-order valence-electron chi connectivity index (χ1n) is 14.7. The zero-order chi connectivity index (χ0) is 32.0. The number of nitrogens with one attached hydrogen (secondary N) is 4. The Hall–Kier alpha value is -4.43. The number of hydrogen-bond acceptors (Lipinski definition) is 8. The van der Waals surface area contributed by atoms with Gasteiger partial charge in [-0.2, -0.15) is 23.5 Å². The van der Waals surface area contributed by atoms with Crippen LogP contribution in [-0.2, 0) is 0 Å². The summed E-state index contributed by atoms with van der Waals surface area (Å²) in [5.74, 6) is 0.628. The number of hydrogen-bond donors (Lipinski definition) is 4. The van der Waals surface area contributed by atoms with Crippen LogP contribution in [-0.4, -0.2) is 28.2 Å². The Morgan fingerprint density at radius 2 is 1.96 bits per heavy atom. The van der Waals surface area contributed by atoms with E-state index in [1.54, 1.807) is 18.3 Å². The molecular formula is C33H32ClF3N8. The fraction of sp³-hybridized carbons (Fsp3) is 0.364. The third-order valence-corrected chi connectivity index (χ3v) is 9.19. The zero-order valence-corrected chi connectivity index (χ0v) is 25.5. The molecule has 232 valence electrons. The van der Waals surface area contributed by atoms with Crippen LogP contribution in [0.15, 0.2) is 71.9 Å². The van der Waals surface area contributed by atoms with Gasteiger partial charge in [-0.15, -0.1) is 0 Å². The second kappa shape index (κ2) is 11.5. The molecule has 4 aromatic rings. The van der Waals surface area contributed by atoms with Gasteiger partial charge in [-0.3, -0.25) is 9.97 Å². The van der Waals surface area contributed by atoms with Crippen molar-refractivity contribution in [2.45, 2.75) is 57.3 Å². The summed E-state index contributed by atoms with van der Waals surface area (Å²) in [7, 11) is 0. The first-order chi connectivity index (χ1) is 21.5. The number of nitriles is 1. The Labute approximate surface area is 263 Å². The zero-order valence-electron chi connectivity index (χ0n) is 24.8. The molecule has 2 heterocycles. The van der Waals surface area contributed by atoms with Crippen LogP contribution in [0.1, 0.15) is 56.7 Å². The van der Waals surface area contributed by atoms with E-state index in [1.165, 1.54) is 19.0 Å². The smallest absolute Gasteiger partial charge is 0.384 e. The summed E-state index contributed by atoms with van der Waals surface area (Å²) >= 11 is 6.71. The molecule has 2 saturated carbocycles. The van der Waals surface area contributed by atoms with E-state index in [9.17, 15) is 18.4 Å². The van der Waals surface area contributed by atoms with Crippen LogP contribution in [0, 0.1) is 28.2 Å². The third-order valence-electron chi connectivity index (χ3n) is 8.90. The van der Waals surface area contributed by atoms with E-state index in [4.69, 9.17) is 17.1 Å². The fourth-order valence-corrected chi connectivity index (χ4v) is 5.99. The number of pyridine rings is 2. The third kappa shape index (κ3) is 5.99. The highest BCUT2D eigenvalue weighted by Crippen LogP contribution is 2.54. The highest BCUT2D eigenvalue weighted by Gasteiger charge is 2.53. The molecule has 0 amide bonds. The predicted molar refractivity (Wildman–Crippen MR) is 169 cm³/mol. The van der Waals surface area contributed by atoms with Crippen molar-refractivity contribution in [3.05, 3.63) is 82.9 Å². The molecule has 0 aliphatic heterocycles. The maximum Gasteiger partial charge on any atom is 0.395 e. The van der Waals surface area contributed by atoms with Crippen LogP contribution in [0.5, 0.6) is 0 Å². The molecule has 2 fully saturated rings. The fourth-order valence-electron chi connectivity index (χ4n) is 5.72. The largest absolute Gasteiger partial charge is 0.395 e. The summed E-state index contributed by atoms with van der Waals surface area (Å²) in [6, 6.07) is 14.3. The minimum Gasteiger partial charge on any atom is -0.384 e. The second-order valence-electron chi connectivity index (χ2n) is 12.5. The normalized spacial score (nSPS) is 17.0. The molecule has 2 aromatic carbocycles. The van der Waals surface area contributed by atoms with Crippen molar-refractivity contribution in [1.29, 1.82) is 10.8 Å². The monoisotopic (exact) mass is 632 g/mol. The number of benzene rings is 2. The van der Waals surface area contributed by atoms with Gasteiger partial charge in [-0.25, -0.2) is 5.53 Å². The molecule has 0 saturated heterocycles. The second-order valence-corrected chi connectivity index (χ2v) is 12.9. The SMILES string of the molecule is CC(C)(CNc1c(C#N)cnc2c(Cl)cc(N[C@H](/C(=C/NC3(C4CC4)CC3)N=N)c3cccc4ncccc34)cc12)C(F)(F)F. The van der Waals surface area contributed by atoms with Crippen molar-refractivity contribution >= 4 is 44.8 Å². The lowest BCUT2D eigenvalue weighted by Crippen LogP contribution is -2.38. The van der Waals surface area contributed by atoms with E-state index in [1.807, 2.05) is 42.6 Å². The molecule has 0 unspecified atom stereocenters. The standard InChI is InChI=1S/C33H32ClF3N8/c1-31(2,33(35,36)37)18-42-28-19(15-38)16-41-29-24(28)13-21(14-25(29)34)44-30(23-5-3-7-26-22(23)6-4-12-40-26)27(45-39)17-43-32(10-11-32)20-8-9-20/h3-7,12-14,16-17,20,30,39,43-44H,8-11,18H2,1-2H3,(H,41,42)/b27-17-,45-39?/t30-/m0/s1. The molecule has 45 heavy (non-hydrogen) atoms. The van der Waals surface area contributed by atoms with Crippen LogP contribution in [0.4, 0.5) is 24.5 Å². The molecular weight excluding hydrogens is 601 g/mol. The Kier molecular flexibility index (Phi) is 7.81. The molecule has 2 aliphatic rings. The molecule has 2 aliphatic carbocycles. The van der Waals surface area contributed by atoms with Gasteiger partial charge < -0.3 is 16.0 Å². The molecule has 8 nitrogen and oxygen atoms in total. The highest BCUT2D eigenvalue weighted by molar-refractivity contribution is 6.35.